The van der Waals surface area contributed by atoms with Crippen molar-refractivity contribution in [3.05, 3.63) is 35.4 Å². The van der Waals surface area contributed by atoms with Crippen molar-refractivity contribution in [2.24, 2.45) is 7.05 Å². The summed E-state index contributed by atoms with van der Waals surface area (Å²) in [6.07, 6.45) is 1.53. The Hall–Kier alpha value is -2.24. The van der Waals surface area contributed by atoms with E-state index < -0.39 is 5.97 Å². The number of aromatic carboxylic acids is 1. The summed E-state index contributed by atoms with van der Waals surface area (Å²) in [6.45, 7) is 1.80. The fourth-order valence-electron chi connectivity index (χ4n) is 1.58. The molecule has 2 rings (SSSR count). The topological polar surface area (TPSA) is 77.5 Å². The Bertz CT molecular complexity index is 528. The van der Waals surface area contributed by atoms with Crippen molar-refractivity contribution in [1.29, 1.82) is 0 Å². The molecule has 0 unspecified atom stereocenters. The molecule has 6 heteroatoms. The molecule has 0 aliphatic carbocycles. The van der Waals surface area contributed by atoms with Crippen molar-refractivity contribution >= 4 is 5.97 Å². The normalized spacial score (nSPS) is 10.5. The first-order valence-electron chi connectivity index (χ1n) is 5.01. The Balaban J connectivity index is 2.23. The fourth-order valence-corrected chi connectivity index (χ4v) is 1.58. The molecule has 0 saturated carbocycles. The Morgan fingerprint density at radius 1 is 1.65 bits per heavy atom. The standard InChI is InChI=1S/C11H12N2O4/c1-7-9(11(14)15)10(13(2)12-7)17-6-8-4-3-5-16-8/h3-5H,6H2,1-2H3,(H,14,15). The molecule has 0 bridgehead atoms. The fraction of sp³-hybridized carbons (Fsp3) is 0.273. The number of aromatic nitrogens is 2. The van der Waals surface area contributed by atoms with Crippen LogP contribution in [0.3, 0.4) is 0 Å². The molecule has 90 valence electrons. The second-order valence-corrected chi connectivity index (χ2v) is 3.56. The predicted octanol–water partition coefficient (Wildman–Crippen LogP) is 1.60. The molecule has 0 aromatic carbocycles. The zero-order chi connectivity index (χ0) is 12.4. The molecule has 2 aromatic heterocycles. The summed E-state index contributed by atoms with van der Waals surface area (Å²) in [5.41, 5.74) is 0.508. The molecule has 0 radical (unpaired) electrons. The SMILES string of the molecule is Cc1nn(C)c(OCc2ccco2)c1C(=O)O. The van der Waals surface area contributed by atoms with Crippen LogP contribution >= 0.6 is 0 Å². The number of nitrogens with zero attached hydrogens (tertiary/aromatic N) is 2. The molecular weight excluding hydrogens is 224 g/mol. The lowest BCUT2D eigenvalue weighted by molar-refractivity contribution is 0.0689. The minimum Gasteiger partial charge on any atom is -0.477 e. The summed E-state index contributed by atoms with van der Waals surface area (Å²) in [6, 6.07) is 3.50. The summed E-state index contributed by atoms with van der Waals surface area (Å²) >= 11 is 0. The van der Waals surface area contributed by atoms with E-state index in [0.29, 0.717) is 11.5 Å². The minimum absolute atomic E-state index is 0.0825. The maximum absolute atomic E-state index is 11.1. The molecule has 2 heterocycles. The Morgan fingerprint density at radius 3 is 3.00 bits per heavy atom. The van der Waals surface area contributed by atoms with Crippen LogP contribution in [0.5, 0.6) is 5.88 Å². The van der Waals surface area contributed by atoms with Crippen LogP contribution in [-0.2, 0) is 13.7 Å². The largest absolute Gasteiger partial charge is 0.477 e. The lowest BCUT2D eigenvalue weighted by Gasteiger charge is -2.05. The van der Waals surface area contributed by atoms with Crippen molar-refractivity contribution in [3.8, 4) is 5.88 Å². The molecule has 0 aliphatic rings. The Kier molecular flexibility index (Phi) is 2.86. The molecule has 17 heavy (non-hydrogen) atoms. The van der Waals surface area contributed by atoms with Crippen molar-refractivity contribution in [2.75, 3.05) is 0 Å². The number of hydrogen-bond acceptors (Lipinski definition) is 4. The van der Waals surface area contributed by atoms with Crippen LogP contribution in [-0.4, -0.2) is 20.9 Å². The van der Waals surface area contributed by atoms with Crippen LogP contribution < -0.4 is 4.74 Å². The van der Waals surface area contributed by atoms with Crippen LogP contribution in [0.2, 0.25) is 0 Å². The highest BCUT2D eigenvalue weighted by Gasteiger charge is 2.21. The van der Waals surface area contributed by atoms with E-state index in [4.69, 9.17) is 14.3 Å². The lowest BCUT2D eigenvalue weighted by atomic mass is 10.2. The summed E-state index contributed by atoms with van der Waals surface area (Å²) in [5, 5.41) is 13.1. The first kappa shape index (κ1) is 11.3. The zero-order valence-electron chi connectivity index (χ0n) is 9.51. The van der Waals surface area contributed by atoms with E-state index in [1.807, 2.05) is 0 Å². The van der Waals surface area contributed by atoms with Crippen LogP contribution in [0.15, 0.2) is 22.8 Å². The van der Waals surface area contributed by atoms with Gasteiger partial charge in [-0.1, -0.05) is 0 Å². The van der Waals surface area contributed by atoms with Crippen molar-refractivity contribution in [3.63, 3.8) is 0 Å². The number of furan rings is 1. The van der Waals surface area contributed by atoms with E-state index in [9.17, 15) is 4.79 Å². The third-order valence-electron chi connectivity index (χ3n) is 2.31. The molecule has 0 amide bonds. The number of rotatable bonds is 4. The zero-order valence-corrected chi connectivity index (χ0v) is 9.51. The molecule has 6 nitrogen and oxygen atoms in total. The molecule has 0 spiro atoms. The Morgan fingerprint density at radius 2 is 2.41 bits per heavy atom. The third kappa shape index (κ3) is 2.15. The van der Waals surface area contributed by atoms with Gasteiger partial charge in [0.2, 0.25) is 5.88 Å². The van der Waals surface area contributed by atoms with Crippen LogP contribution in [0, 0.1) is 6.92 Å². The van der Waals surface area contributed by atoms with Gasteiger partial charge in [0, 0.05) is 7.05 Å². The quantitative estimate of drug-likeness (QED) is 0.872. The van der Waals surface area contributed by atoms with Gasteiger partial charge in [-0.05, 0) is 19.1 Å². The highest BCUT2D eigenvalue weighted by atomic mass is 16.5. The first-order chi connectivity index (χ1) is 8.09. The van der Waals surface area contributed by atoms with Crippen LogP contribution in [0.25, 0.3) is 0 Å². The van der Waals surface area contributed by atoms with Crippen molar-refractivity contribution in [2.45, 2.75) is 13.5 Å². The van der Waals surface area contributed by atoms with E-state index in [-0.39, 0.29) is 18.1 Å². The van der Waals surface area contributed by atoms with Gasteiger partial charge in [0.15, 0.2) is 0 Å². The van der Waals surface area contributed by atoms with Crippen molar-refractivity contribution < 1.29 is 19.1 Å². The molecule has 0 atom stereocenters. The highest BCUT2D eigenvalue weighted by Crippen LogP contribution is 2.22. The Labute approximate surface area is 97.4 Å². The number of ether oxygens (including phenoxy) is 1. The number of aryl methyl sites for hydroxylation is 2. The summed E-state index contributed by atoms with van der Waals surface area (Å²) < 4.78 is 11.9. The average Bonchev–Trinajstić information content (AvgIpc) is 2.83. The molecule has 2 aromatic rings. The van der Waals surface area contributed by atoms with Gasteiger partial charge in [0.05, 0.1) is 12.0 Å². The van der Waals surface area contributed by atoms with Crippen molar-refractivity contribution in [1.82, 2.24) is 9.78 Å². The maximum Gasteiger partial charge on any atom is 0.343 e. The first-order valence-corrected chi connectivity index (χ1v) is 5.01. The molecule has 1 N–H and O–H groups in total. The summed E-state index contributed by atoms with van der Waals surface area (Å²) in [5.74, 6) is -0.198. The number of carboxylic acids is 1. The molecule has 0 fully saturated rings. The number of hydrogen-bond donors (Lipinski definition) is 1. The second kappa shape index (κ2) is 4.32. The van der Waals surface area contributed by atoms with Crippen LogP contribution in [0.4, 0.5) is 0 Å². The van der Waals surface area contributed by atoms with Gasteiger partial charge in [-0.3, -0.25) is 0 Å². The van der Waals surface area contributed by atoms with Gasteiger partial charge < -0.3 is 14.3 Å². The smallest absolute Gasteiger partial charge is 0.343 e. The predicted molar refractivity (Wildman–Crippen MR) is 57.9 cm³/mol. The third-order valence-corrected chi connectivity index (χ3v) is 2.31. The monoisotopic (exact) mass is 236 g/mol. The summed E-state index contributed by atoms with van der Waals surface area (Å²) in [7, 11) is 1.64. The molecular formula is C11H12N2O4. The van der Waals surface area contributed by atoms with Gasteiger partial charge in [-0.2, -0.15) is 5.10 Å². The van der Waals surface area contributed by atoms with Gasteiger partial charge in [0.1, 0.15) is 17.9 Å². The van der Waals surface area contributed by atoms with E-state index in [1.165, 1.54) is 10.9 Å². The van der Waals surface area contributed by atoms with E-state index in [1.54, 1.807) is 26.1 Å². The van der Waals surface area contributed by atoms with Crippen LogP contribution in [0.1, 0.15) is 21.8 Å². The van der Waals surface area contributed by atoms with Gasteiger partial charge in [-0.15, -0.1) is 0 Å². The summed E-state index contributed by atoms with van der Waals surface area (Å²) in [4.78, 5) is 11.1. The van der Waals surface area contributed by atoms with E-state index >= 15 is 0 Å². The number of carboxylic acid groups (broad SMARTS) is 1. The highest BCUT2D eigenvalue weighted by molar-refractivity contribution is 5.91. The van der Waals surface area contributed by atoms with E-state index in [2.05, 4.69) is 5.10 Å². The maximum atomic E-state index is 11.1. The second-order valence-electron chi connectivity index (χ2n) is 3.56. The molecule has 0 saturated heterocycles. The minimum atomic E-state index is -1.05. The average molecular weight is 236 g/mol. The van der Waals surface area contributed by atoms with E-state index in [0.717, 1.165) is 0 Å². The van der Waals surface area contributed by atoms with Gasteiger partial charge >= 0.3 is 5.97 Å². The van der Waals surface area contributed by atoms with Gasteiger partial charge in [-0.25, -0.2) is 9.48 Å². The van der Waals surface area contributed by atoms with Gasteiger partial charge in [0.25, 0.3) is 0 Å². The lowest BCUT2D eigenvalue weighted by Crippen LogP contribution is -2.05. The number of carbonyl (C=O) groups is 1. The molecule has 0 aliphatic heterocycles.